The molecule has 0 spiro atoms. The van der Waals surface area contributed by atoms with Crippen LogP contribution < -0.4 is 10.6 Å². The van der Waals surface area contributed by atoms with Gasteiger partial charge in [0.1, 0.15) is 0 Å². The summed E-state index contributed by atoms with van der Waals surface area (Å²) in [5, 5.41) is 7.22. The van der Waals surface area contributed by atoms with E-state index in [1.54, 1.807) is 0 Å². The highest BCUT2D eigenvalue weighted by Gasteiger charge is 2.30. The number of halogens is 1. The van der Waals surface area contributed by atoms with Gasteiger partial charge in [-0.25, -0.2) is 0 Å². The third-order valence-electron chi connectivity index (χ3n) is 6.04. The van der Waals surface area contributed by atoms with Crippen LogP contribution in [-0.2, 0) is 0 Å². The van der Waals surface area contributed by atoms with Crippen LogP contribution in [0, 0.1) is 0 Å². The molecule has 0 radical (unpaired) electrons. The Morgan fingerprint density at radius 1 is 1.08 bits per heavy atom. The van der Waals surface area contributed by atoms with Crippen LogP contribution >= 0.6 is 24.0 Å². The van der Waals surface area contributed by atoms with E-state index in [2.05, 4.69) is 32.3 Å². The second-order valence-corrected chi connectivity index (χ2v) is 7.44. The van der Waals surface area contributed by atoms with Crippen LogP contribution in [0.15, 0.2) is 4.99 Å². The second-order valence-electron chi connectivity index (χ2n) is 7.44. The lowest BCUT2D eigenvalue weighted by molar-refractivity contribution is 0.242. The van der Waals surface area contributed by atoms with Crippen molar-refractivity contribution in [3.05, 3.63) is 0 Å². The van der Waals surface area contributed by atoms with E-state index in [0.29, 0.717) is 12.1 Å². The van der Waals surface area contributed by atoms with Crippen LogP contribution in [0.25, 0.3) is 0 Å². The first-order valence-corrected chi connectivity index (χ1v) is 9.75. The van der Waals surface area contributed by atoms with E-state index >= 15 is 0 Å². The van der Waals surface area contributed by atoms with Crippen molar-refractivity contribution in [1.82, 2.24) is 20.4 Å². The summed E-state index contributed by atoms with van der Waals surface area (Å²) < 4.78 is 0. The van der Waals surface area contributed by atoms with E-state index < -0.39 is 0 Å². The number of nitrogens with one attached hydrogen (secondary N) is 2. The Balaban J connectivity index is 0.00000208. The molecule has 0 aromatic rings. The molecule has 0 aromatic heterocycles. The number of likely N-dealkylation sites (N-methyl/N-ethyl adjacent to an activating group) is 1. The molecule has 2 saturated heterocycles. The molecule has 140 valence electrons. The Morgan fingerprint density at radius 3 is 2.58 bits per heavy atom. The van der Waals surface area contributed by atoms with Gasteiger partial charge in [0.25, 0.3) is 0 Å². The van der Waals surface area contributed by atoms with Gasteiger partial charge in [-0.1, -0.05) is 19.8 Å². The molecule has 2 heterocycles. The van der Waals surface area contributed by atoms with E-state index in [9.17, 15) is 0 Å². The first kappa shape index (κ1) is 20.2. The van der Waals surface area contributed by atoms with E-state index in [1.807, 2.05) is 7.05 Å². The van der Waals surface area contributed by atoms with Gasteiger partial charge in [-0.15, -0.1) is 24.0 Å². The minimum atomic E-state index is 0. The highest BCUT2D eigenvalue weighted by molar-refractivity contribution is 14.0. The first-order chi connectivity index (χ1) is 11.3. The highest BCUT2D eigenvalue weighted by atomic mass is 127. The molecule has 2 N–H and O–H groups in total. The third-order valence-corrected chi connectivity index (χ3v) is 6.04. The Labute approximate surface area is 165 Å². The molecule has 3 fully saturated rings. The fourth-order valence-corrected chi connectivity index (χ4v) is 4.65. The average Bonchev–Trinajstić information content (AvgIpc) is 3.31. The molecule has 3 aliphatic rings. The standard InChI is InChI=1S/C18H35N5.HI/c1-3-22-11-6-9-17(22)13-20-18(19-2)21-15-10-12-23(14-15)16-7-4-5-8-16;/h15-17H,3-14H2,1-2H3,(H2,19,20,21);1H. The zero-order valence-corrected chi connectivity index (χ0v) is 17.8. The summed E-state index contributed by atoms with van der Waals surface area (Å²) in [6, 6.07) is 2.10. The van der Waals surface area contributed by atoms with E-state index in [-0.39, 0.29) is 24.0 Å². The minimum absolute atomic E-state index is 0. The fourth-order valence-electron chi connectivity index (χ4n) is 4.65. The number of hydrogen-bond acceptors (Lipinski definition) is 3. The van der Waals surface area contributed by atoms with Crippen molar-refractivity contribution in [3.8, 4) is 0 Å². The summed E-state index contributed by atoms with van der Waals surface area (Å²) in [6.07, 6.45) is 9.59. The van der Waals surface area contributed by atoms with Gasteiger partial charge in [0, 0.05) is 44.8 Å². The smallest absolute Gasteiger partial charge is 0.191 e. The van der Waals surface area contributed by atoms with Crippen molar-refractivity contribution in [2.45, 2.75) is 70.0 Å². The van der Waals surface area contributed by atoms with E-state index in [0.717, 1.165) is 25.1 Å². The van der Waals surface area contributed by atoms with Gasteiger partial charge in [0.2, 0.25) is 0 Å². The predicted octanol–water partition coefficient (Wildman–Crippen LogP) is 2.27. The summed E-state index contributed by atoms with van der Waals surface area (Å²) in [4.78, 5) is 9.73. The molecule has 2 unspecified atom stereocenters. The topological polar surface area (TPSA) is 42.9 Å². The highest BCUT2D eigenvalue weighted by Crippen LogP contribution is 2.26. The predicted molar refractivity (Wildman–Crippen MR) is 112 cm³/mol. The van der Waals surface area contributed by atoms with Crippen molar-refractivity contribution >= 4 is 29.9 Å². The molecule has 1 aliphatic carbocycles. The lowest BCUT2D eigenvalue weighted by Gasteiger charge is -2.26. The maximum atomic E-state index is 4.44. The summed E-state index contributed by atoms with van der Waals surface area (Å²) in [6.45, 7) is 8.15. The second kappa shape index (κ2) is 10.2. The SMILES string of the molecule is CCN1CCCC1CNC(=NC)NC1CCN(C2CCCC2)C1.I. The molecule has 24 heavy (non-hydrogen) atoms. The molecule has 1 saturated carbocycles. The maximum absolute atomic E-state index is 4.44. The zero-order chi connectivity index (χ0) is 16.1. The number of rotatable bonds is 5. The number of likely N-dealkylation sites (tertiary alicyclic amines) is 2. The first-order valence-electron chi connectivity index (χ1n) is 9.75. The fraction of sp³-hybridized carbons (Fsp3) is 0.944. The number of nitrogens with zero attached hydrogens (tertiary/aromatic N) is 3. The largest absolute Gasteiger partial charge is 0.355 e. The molecule has 0 amide bonds. The van der Waals surface area contributed by atoms with Crippen LogP contribution in [-0.4, -0.2) is 73.7 Å². The van der Waals surface area contributed by atoms with E-state index in [4.69, 9.17) is 0 Å². The lowest BCUT2D eigenvalue weighted by atomic mass is 10.2. The Hall–Kier alpha value is -0.0800. The molecule has 5 nitrogen and oxygen atoms in total. The molecule has 0 bridgehead atoms. The Kier molecular flexibility index (Phi) is 8.57. The Bertz CT molecular complexity index is 397. The van der Waals surface area contributed by atoms with Crippen molar-refractivity contribution < 1.29 is 0 Å². The lowest BCUT2D eigenvalue weighted by Crippen LogP contribution is -2.48. The third kappa shape index (κ3) is 5.21. The zero-order valence-electron chi connectivity index (χ0n) is 15.5. The summed E-state index contributed by atoms with van der Waals surface area (Å²) in [5.74, 6) is 0.992. The van der Waals surface area contributed by atoms with Crippen LogP contribution in [0.1, 0.15) is 51.9 Å². The summed E-state index contributed by atoms with van der Waals surface area (Å²) >= 11 is 0. The van der Waals surface area contributed by atoms with Gasteiger partial charge < -0.3 is 10.6 Å². The number of aliphatic imine (C=N–C) groups is 1. The molecule has 3 rings (SSSR count). The van der Waals surface area contributed by atoms with Crippen molar-refractivity contribution in [2.75, 3.05) is 39.8 Å². The van der Waals surface area contributed by atoms with Gasteiger partial charge in [-0.2, -0.15) is 0 Å². The minimum Gasteiger partial charge on any atom is -0.355 e. The van der Waals surface area contributed by atoms with Gasteiger partial charge in [-0.05, 0) is 45.2 Å². The maximum Gasteiger partial charge on any atom is 0.191 e. The molecule has 2 aliphatic heterocycles. The van der Waals surface area contributed by atoms with Gasteiger partial charge in [0.05, 0.1) is 0 Å². The quantitative estimate of drug-likeness (QED) is 0.384. The van der Waals surface area contributed by atoms with Crippen molar-refractivity contribution in [3.63, 3.8) is 0 Å². The van der Waals surface area contributed by atoms with Crippen molar-refractivity contribution in [2.24, 2.45) is 4.99 Å². The van der Waals surface area contributed by atoms with Crippen LogP contribution in [0.2, 0.25) is 0 Å². The summed E-state index contributed by atoms with van der Waals surface area (Å²) in [7, 11) is 1.89. The molecular weight excluding hydrogens is 413 g/mol. The molecule has 6 heteroatoms. The Morgan fingerprint density at radius 2 is 1.88 bits per heavy atom. The van der Waals surface area contributed by atoms with Gasteiger partial charge in [-0.3, -0.25) is 14.8 Å². The number of guanidine groups is 1. The van der Waals surface area contributed by atoms with Crippen molar-refractivity contribution in [1.29, 1.82) is 0 Å². The van der Waals surface area contributed by atoms with Crippen LogP contribution in [0.3, 0.4) is 0 Å². The van der Waals surface area contributed by atoms with Gasteiger partial charge >= 0.3 is 0 Å². The molecule has 0 aromatic carbocycles. The monoisotopic (exact) mass is 449 g/mol. The average molecular weight is 449 g/mol. The van der Waals surface area contributed by atoms with Crippen LogP contribution in [0.4, 0.5) is 0 Å². The van der Waals surface area contributed by atoms with Crippen LogP contribution in [0.5, 0.6) is 0 Å². The summed E-state index contributed by atoms with van der Waals surface area (Å²) in [5.41, 5.74) is 0. The molecular formula is C18H36IN5. The number of hydrogen-bond donors (Lipinski definition) is 2. The van der Waals surface area contributed by atoms with E-state index in [1.165, 1.54) is 64.6 Å². The van der Waals surface area contributed by atoms with Gasteiger partial charge in [0.15, 0.2) is 5.96 Å². The molecule has 2 atom stereocenters. The normalized spacial score (nSPS) is 29.8.